The maximum absolute atomic E-state index is 9.68. The maximum atomic E-state index is 9.68. The minimum atomic E-state index is 0.104. The number of aliphatic hydroxyl groups is 1. The number of hydrogen-bond acceptors (Lipinski definition) is 3. The van der Waals surface area contributed by atoms with E-state index in [1.165, 1.54) is 12.8 Å². The van der Waals surface area contributed by atoms with Gasteiger partial charge < -0.3 is 9.84 Å². The van der Waals surface area contributed by atoms with Crippen LogP contribution in [-0.4, -0.2) is 36.8 Å². The standard InChI is InChI=1S/C15H23NO2/c1-12-6-8-16(9-7-12)15(11-17)13-4-3-5-14(10-13)18-2/h3-5,10,12,15,17H,6-9,11H2,1-2H3. The summed E-state index contributed by atoms with van der Waals surface area (Å²) in [5, 5.41) is 9.68. The molecule has 1 aromatic carbocycles. The molecule has 1 atom stereocenters. The molecule has 1 heterocycles. The van der Waals surface area contributed by atoms with Gasteiger partial charge in [-0.1, -0.05) is 19.1 Å². The van der Waals surface area contributed by atoms with Gasteiger partial charge in [0, 0.05) is 0 Å². The molecule has 1 aliphatic rings. The second-order valence-corrected chi connectivity index (χ2v) is 5.19. The number of nitrogens with zero attached hydrogens (tertiary/aromatic N) is 1. The van der Waals surface area contributed by atoms with Crippen LogP contribution in [0.25, 0.3) is 0 Å². The van der Waals surface area contributed by atoms with Crippen LogP contribution in [0.2, 0.25) is 0 Å². The zero-order valence-corrected chi connectivity index (χ0v) is 11.3. The van der Waals surface area contributed by atoms with Crippen molar-refractivity contribution in [3.63, 3.8) is 0 Å². The largest absolute Gasteiger partial charge is 0.497 e. The van der Waals surface area contributed by atoms with Crippen LogP contribution < -0.4 is 4.74 Å². The summed E-state index contributed by atoms with van der Waals surface area (Å²) in [5.74, 6) is 1.67. The Labute approximate surface area is 109 Å². The Morgan fingerprint density at radius 3 is 2.72 bits per heavy atom. The number of piperidine rings is 1. The number of methoxy groups -OCH3 is 1. The third-order valence-corrected chi connectivity index (χ3v) is 3.91. The topological polar surface area (TPSA) is 32.7 Å². The van der Waals surface area contributed by atoms with Gasteiger partial charge in [0.1, 0.15) is 5.75 Å². The van der Waals surface area contributed by atoms with E-state index in [1.54, 1.807) is 7.11 Å². The molecule has 3 nitrogen and oxygen atoms in total. The van der Waals surface area contributed by atoms with Gasteiger partial charge >= 0.3 is 0 Å². The van der Waals surface area contributed by atoms with Gasteiger partial charge in [-0.2, -0.15) is 0 Å². The molecule has 1 aromatic rings. The van der Waals surface area contributed by atoms with E-state index in [2.05, 4.69) is 17.9 Å². The molecule has 1 N–H and O–H groups in total. The lowest BCUT2D eigenvalue weighted by Crippen LogP contribution is -2.37. The van der Waals surface area contributed by atoms with E-state index in [0.717, 1.165) is 30.3 Å². The van der Waals surface area contributed by atoms with Crippen LogP contribution in [0.3, 0.4) is 0 Å². The molecule has 0 amide bonds. The highest BCUT2D eigenvalue weighted by Gasteiger charge is 2.24. The lowest BCUT2D eigenvalue weighted by atomic mass is 9.96. The van der Waals surface area contributed by atoms with E-state index >= 15 is 0 Å². The molecule has 0 aromatic heterocycles. The Bertz CT molecular complexity index is 373. The van der Waals surface area contributed by atoms with Crippen molar-refractivity contribution in [2.24, 2.45) is 5.92 Å². The van der Waals surface area contributed by atoms with Crippen molar-refractivity contribution in [3.05, 3.63) is 29.8 Å². The SMILES string of the molecule is COc1cccc(C(CO)N2CCC(C)CC2)c1. The summed E-state index contributed by atoms with van der Waals surface area (Å²) in [5.41, 5.74) is 1.14. The monoisotopic (exact) mass is 249 g/mol. The summed E-state index contributed by atoms with van der Waals surface area (Å²) < 4.78 is 5.25. The van der Waals surface area contributed by atoms with Gasteiger partial charge in [-0.05, 0) is 49.5 Å². The van der Waals surface area contributed by atoms with Crippen molar-refractivity contribution < 1.29 is 9.84 Å². The molecule has 0 spiro atoms. The Morgan fingerprint density at radius 2 is 2.11 bits per heavy atom. The molecule has 0 aliphatic carbocycles. The van der Waals surface area contributed by atoms with E-state index in [0.29, 0.717) is 0 Å². The predicted molar refractivity (Wildman–Crippen MR) is 72.8 cm³/mol. The van der Waals surface area contributed by atoms with E-state index in [1.807, 2.05) is 18.2 Å². The Morgan fingerprint density at radius 1 is 1.39 bits per heavy atom. The first-order valence-electron chi connectivity index (χ1n) is 6.73. The summed E-state index contributed by atoms with van der Waals surface area (Å²) in [6.07, 6.45) is 2.45. The van der Waals surface area contributed by atoms with Crippen molar-refractivity contribution in [3.8, 4) is 5.75 Å². The molecule has 1 fully saturated rings. The van der Waals surface area contributed by atoms with Crippen molar-refractivity contribution in [2.75, 3.05) is 26.8 Å². The molecular formula is C15H23NO2. The summed E-state index contributed by atoms with van der Waals surface area (Å²) in [6, 6.07) is 8.13. The fraction of sp³-hybridized carbons (Fsp3) is 0.600. The van der Waals surface area contributed by atoms with Gasteiger partial charge in [-0.25, -0.2) is 0 Å². The lowest BCUT2D eigenvalue weighted by molar-refractivity contribution is 0.0895. The van der Waals surface area contributed by atoms with Gasteiger partial charge in [0.05, 0.1) is 19.8 Å². The van der Waals surface area contributed by atoms with Crippen LogP contribution in [0.4, 0.5) is 0 Å². The van der Waals surface area contributed by atoms with Crippen LogP contribution in [-0.2, 0) is 0 Å². The number of likely N-dealkylation sites (tertiary alicyclic amines) is 1. The van der Waals surface area contributed by atoms with Crippen LogP contribution >= 0.6 is 0 Å². The molecule has 1 unspecified atom stereocenters. The molecule has 0 radical (unpaired) electrons. The third-order valence-electron chi connectivity index (χ3n) is 3.91. The summed E-state index contributed by atoms with van der Waals surface area (Å²) in [7, 11) is 1.68. The van der Waals surface area contributed by atoms with Crippen LogP contribution in [0.5, 0.6) is 5.75 Å². The first kappa shape index (κ1) is 13.4. The smallest absolute Gasteiger partial charge is 0.119 e. The normalized spacial score (nSPS) is 19.7. The molecule has 2 rings (SSSR count). The Kier molecular flexibility index (Phi) is 4.61. The van der Waals surface area contributed by atoms with Gasteiger partial charge in [0.15, 0.2) is 0 Å². The van der Waals surface area contributed by atoms with Crippen LogP contribution in [0.15, 0.2) is 24.3 Å². The van der Waals surface area contributed by atoms with Crippen molar-refractivity contribution in [1.82, 2.24) is 4.90 Å². The minimum absolute atomic E-state index is 0.104. The maximum Gasteiger partial charge on any atom is 0.119 e. The fourth-order valence-corrected chi connectivity index (χ4v) is 2.62. The Hall–Kier alpha value is -1.06. The highest BCUT2D eigenvalue weighted by Crippen LogP contribution is 2.28. The number of aliphatic hydroxyl groups excluding tert-OH is 1. The average Bonchev–Trinajstić information content (AvgIpc) is 2.42. The summed E-state index contributed by atoms with van der Waals surface area (Å²) in [4.78, 5) is 2.38. The van der Waals surface area contributed by atoms with E-state index in [-0.39, 0.29) is 12.6 Å². The van der Waals surface area contributed by atoms with Crippen molar-refractivity contribution >= 4 is 0 Å². The molecule has 3 heteroatoms. The Balaban J connectivity index is 2.11. The highest BCUT2D eigenvalue weighted by atomic mass is 16.5. The predicted octanol–water partition coefficient (Wildman–Crippen LogP) is 2.46. The molecule has 0 bridgehead atoms. The molecule has 100 valence electrons. The highest BCUT2D eigenvalue weighted by molar-refractivity contribution is 5.30. The zero-order valence-electron chi connectivity index (χ0n) is 11.3. The molecule has 1 aliphatic heterocycles. The number of benzene rings is 1. The fourth-order valence-electron chi connectivity index (χ4n) is 2.62. The van der Waals surface area contributed by atoms with E-state index in [9.17, 15) is 5.11 Å². The first-order valence-corrected chi connectivity index (χ1v) is 6.73. The van der Waals surface area contributed by atoms with E-state index in [4.69, 9.17) is 4.74 Å². The van der Waals surface area contributed by atoms with Crippen LogP contribution in [0, 0.1) is 5.92 Å². The first-order chi connectivity index (χ1) is 8.74. The minimum Gasteiger partial charge on any atom is -0.497 e. The van der Waals surface area contributed by atoms with E-state index < -0.39 is 0 Å². The second kappa shape index (κ2) is 6.21. The average molecular weight is 249 g/mol. The van der Waals surface area contributed by atoms with Crippen LogP contribution in [0.1, 0.15) is 31.4 Å². The van der Waals surface area contributed by atoms with Gasteiger partial charge in [0.25, 0.3) is 0 Å². The number of hydrogen-bond donors (Lipinski definition) is 1. The number of rotatable bonds is 4. The van der Waals surface area contributed by atoms with Crippen molar-refractivity contribution in [2.45, 2.75) is 25.8 Å². The zero-order chi connectivity index (χ0) is 13.0. The number of ether oxygens (including phenoxy) is 1. The third kappa shape index (κ3) is 3.03. The second-order valence-electron chi connectivity index (χ2n) is 5.19. The summed E-state index contributed by atoms with van der Waals surface area (Å²) >= 11 is 0. The van der Waals surface area contributed by atoms with Gasteiger partial charge in [-0.15, -0.1) is 0 Å². The van der Waals surface area contributed by atoms with Gasteiger partial charge in [-0.3, -0.25) is 4.90 Å². The van der Waals surface area contributed by atoms with Gasteiger partial charge in [0.2, 0.25) is 0 Å². The molecule has 0 saturated carbocycles. The summed E-state index contributed by atoms with van der Waals surface area (Å²) in [6.45, 7) is 4.62. The van der Waals surface area contributed by atoms with Crippen molar-refractivity contribution in [1.29, 1.82) is 0 Å². The molecular weight excluding hydrogens is 226 g/mol. The lowest BCUT2D eigenvalue weighted by Gasteiger charge is -2.36. The quantitative estimate of drug-likeness (QED) is 0.889. The molecule has 18 heavy (non-hydrogen) atoms. The molecule has 1 saturated heterocycles.